The number of hydrogen-bond donors (Lipinski definition) is 3. The molecule has 0 amide bonds. The van der Waals surface area contributed by atoms with E-state index in [1.807, 2.05) is 0 Å². The number of rotatable bonds is 8. The van der Waals surface area contributed by atoms with Crippen LogP contribution >= 0.6 is 0 Å². The highest BCUT2D eigenvalue weighted by molar-refractivity contribution is 7.86. The lowest BCUT2D eigenvalue weighted by Gasteiger charge is -2.08. The summed E-state index contributed by atoms with van der Waals surface area (Å²) < 4.78 is 71.8. The highest BCUT2D eigenvalue weighted by Crippen LogP contribution is 2.33. The number of ether oxygens (including phenoxy) is 1. The fourth-order valence-electron chi connectivity index (χ4n) is 3.22. The van der Waals surface area contributed by atoms with E-state index in [1.165, 1.54) is 19.2 Å². The molecule has 0 spiro atoms. The van der Waals surface area contributed by atoms with E-state index >= 15 is 0 Å². The number of anilines is 1. The summed E-state index contributed by atoms with van der Waals surface area (Å²) in [4.78, 5) is 8.79. The van der Waals surface area contributed by atoms with Gasteiger partial charge in [0.1, 0.15) is 15.5 Å². The molecule has 0 unspecified atom stereocenters. The number of nitro groups is 1. The van der Waals surface area contributed by atoms with Crippen LogP contribution in [0, 0.1) is 17.0 Å². The quantitative estimate of drug-likeness (QED) is 0.0890. The van der Waals surface area contributed by atoms with Crippen LogP contribution in [0.3, 0.4) is 0 Å². The topological polar surface area (TPSA) is 212 Å². The predicted octanol–water partition coefficient (Wildman–Crippen LogP) is 4.57. The predicted molar refractivity (Wildman–Crippen MR) is 134 cm³/mol. The SMILES string of the molecule is COc1cc(N=Nc2ccc(C=Cc3ccc([N+](=O)[O-])cc3S(=O)(=O)O)c(S(=O)(=O)O)c2)c(C)cc1N. The Morgan fingerprint density at radius 3 is 2.03 bits per heavy atom. The molecule has 0 aliphatic heterocycles. The molecule has 0 heterocycles. The van der Waals surface area contributed by atoms with Gasteiger partial charge in [0.15, 0.2) is 0 Å². The van der Waals surface area contributed by atoms with Crippen molar-refractivity contribution in [3.8, 4) is 5.75 Å². The maximum Gasteiger partial charge on any atom is 0.295 e. The molecule has 0 radical (unpaired) electrons. The monoisotopic (exact) mass is 548 g/mol. The highest BCUT2D eigenvalue weighted by Gasteiger charge is 2.20. The number of benzene rings is 3. The molecule has 0 fully saturated rings. The molecule has 0 saturated heterocycles. The second-order valence-corrected chi connectivity index (χ2v) is 10.3. The second kappa shape index (κ2) is 10.4. The van der Waals surface area contributed by atoms with E-state index in [0.717, 1.165) is 30.4 Å². The van der Waals surface area contributed by atoms with Crippen LogP contribution in [0.25, 0.3) is 12.2 Å². The van der Waals surface area contributed by atoms with Gasteiger partial charge in [-0.25, -0.2) is 0 Å². The number of non-ortho nitro benzene ring substituents is 1. The highest BCUT2D eigenvalue weighted by atomic mass is 32.2. The fourth-order valence-corrected chi connectivity index (χ4v) is 4.63. The van der Waals surface area contributed by atoms with Crippen molar-refractivity contribution in [3.63, 3.8) is 0 Å². The van der Waals surface area contributed by atoms with Crippen molar-refractivity contribution in [1.29, 1.82) is 0 Å². The van der Waals surface area contributed by atoms with Crippen LogP contribution in [0.4, 0.5) is 22.7 Å². The van der Waals surface area contributed by atoms with Crippen molar-refractivity contribution in [3.05, 3.63) is 75.3 Å². The zero-order chi connectivity index (χ0) is 27.5. The maximum absolute atomic E-state index is 12.0. The molecule has 0 atom stereocenters. The van der Waals surface area contributed by atoms with Gasteiger partial charge in [-0.3, -0.25) is 19.2 Å². The number of hydrogen-bond acceptors (Lipinski definition) is 10. The average molecular weight is 549 g/mol. The van der Waals surface area contributed by atoms with E-state index < -0.39 is 40.6 Å². The first kappa shape index (κ1) is 27.4. The minimum absolute atomic E-state index is 0.0635. The Morgan fingerprint density at radius 1 is 0.919 bits per heavy atom. The molecule has 4 N–H and O–H groups in total. The van der Waals surface area contributed by atoms with Crippen molar-refractivity contribution in [1.82, 2.24) is 0 Å². The van der Waals surface area contributed by atoms with E-state index in [1.54, 1.807) is 19.1 Å². The third-order valence-electron chi connectivity index (χ3n) is 5.02. The lowest BCUT2D eigenvalue weighted by Crippen LogP contribution is -2.02. The van der Waals surface area contributed by atoms with Gasteiger partial charge in [-0.1, -0.05) is 18.2 Å². The largest absolute Gasteiger partial charge is 0.495 e. The van der Waals surface area contributed by atoms with Crippen molar-refractivity contribution >= 4 is 55.1 Å². The molecule has 3 rings (SSSR count). The maximum atomic E-state index is 12.0. The first-order valence-corrected chi connectivity index (χ1v) is 13.0. The van der Waals surface area contributed by atoms with Crippen molar-refractivity contribution < 1.29 is 35.6 Å². The zero-order valence-corrected chi connectivity index (χ0v) is 20.9. The van der Waals surface area contributed by atoms with Crippen LogP contribution in [-0.4, -0.2) is 38.0 Å². The zero-order valence-electron chi connectivity index (χ0n) is 19.3. The Hall–Kier alpha value is -4.18. The molecule has 0 saturated carbocycles. The minimum atomic E-state index is -4.85. The van der Waals surface area contributed by atoms with Gasteiger partial charge in [0.25, 0.3) is 25.9 Å². The third-order valence-corrected chi connectivity index (χ3v) is 6.84. The molecule has 194 valence electrons. The van der Waals surface area contributed by atoms with Gasteiger partial charge in [-0.05, 0) is 47.9 Å². The Kier molecular flexibility index (Phi) is 7.73. The van der Waals surface area contributed by atoms with Crippen LogP contribution in [0.5, 0.6) is 5.75 Å². The molecule has 3 aromatic carbocycles. The number of nitrogens with two attached hydrogens (primary N) is 1. The van der Waals surface area contributed by atoms with E-state index in [0.29, 0.717) is 28.8 Å². The molecule has 37 heavy (non-hydrogen) atoms. The second-order valence-electron chi connectivity index (χ2n) is 7.57. The summed E-state index contributed by atoms with van der Waals surface area (Å²) in [5.41, 5.74) is 6.58. The third kappa shape index (κ3) is 6.53. The van der Waals surface area contributed by atoms with E-state index in [4.69, 9.17) is 10.5 Å². The molecule has 15 heteroatoms. The summed E-state index contributed by atoms with van der Waals surface area (Å²) in [6.07, 6.45) is 2.26. The van der Waals surface area contributed by atoms with Gasteiger partial charge in [0, 0.05) is 18.2 Å². The first-order valence-electron chi connectivity index (χ1n) is 10.1. The number of methoxy groups -OCH3 is 1. The van der Waals surface area contributed by atoms with Gasteiger partial charge in [-0.2, -0.15) is 27.1 Å². The molecule has 0 aliphatic carbocycles. The lowest BCUT2D eigenvalue weighted by molar-refractivity contribution is -0.385. The Labute approximate surface area is 211 Å². The van der Waals surface area contributed by atoms with Crippen LogP contribution in [-0.2, 0) is 20.2 Å². The van der Waals surface area contributed by atoms with Crippen LogP contribution in [0.2, 0.25) is 0 Å². The molecule has 0 aliphatic rings. The van der Waals surface area contributed by atoms with E-state index in [2.05, 4.69) is 10.2 Å². The van der Waals surface area contributed by atoms with Gasteiger partial charge in [0.05, 0.1) is 29.1 Å². The van der Waals surface area contributed by atoms with Crippen LogP contribution in [0.1, 0.15) is 16.7 Å². The van der Waals surface area contributed by atoms with Crippen molar-refractivity contribution in [2.45, 2.75) is 16.7 Å². The van der Waals surface area contributed by atoms with E-state index in [-0.39, 0.29) is 16.8 Å². The molecule has 13 nitrogen and oxygen atoms in total. The summed E-state index contributed by atoms with van der Waals surface area (Å²) in [7, 11) is -8.19. The standard InChI is InChI=1S/C22H20N4O9S2/c1-13-9-18(23)20(35-2)12-19(13)25-24-16-7-5-14(21(10-16)36(29,30)31)3-4-15-6-8-17(26(27)28)11-22(15)37(32,33)34/h3-12H,23H2,1-2H3,(H,29,30,31)(H,32,33,34). The molecule has 0 bridgehead atoms. The summed E-state index contributed by atoms with van der Waals surface area (Å²) >= 11 is 0. The average Bonchev–Trinajstić information content (AvgIpc) is 2.81. The number of nitro benzene ring substituents is 1. The number of nitrogens with zero attached hydrogens (tertiary/aromatic N) is 3. The Morgan fingerprint density at radius 2 is 1.49 bits per heavy atom. The molecular formula is C22H20N4O9S2. The Bertz CT molecular complexity index is 1670. The number of aryl methyl sites for hydroxylation is 1. The van der Waals surface area contributed by atoms with Gasteiger partial charge in [-0.15, -0.1) is 0 Å². The number of azo groups is 1. The van der Waals surface area contributed by atoms with Crippen molar-refractivity contribution in [2.75, 3.05) is 12.8 Å². The summed E-state index contributed by atoms with van der Waals surface area (Å²) in [5.74, 6) is 0.370. The van der Waals surface area contributed by atoms with E-state index in [9.17, 15) is 36.1 Å². The van der Waals surface area contributed by atoms with Gasteiger partial charge >= 0.3 is 0 Å². The molecular weight excluding hydrogens is 528 g/mol. The minimum Gasteiger partial charge on any atom is -0.495 e. The summed E-state index contributed by atoms with van der Waals surface area (Å²) in [6, 6.07) is 9.63. The summed E-state index contributed by atoms with van der Waals surface area (Å²) in [6.45, 7) is 1.74. The van der Waals surface area contributed by atoms with Gasteiger partial charge in [0.2, 0.25) is 0 Å². The van der Waals surface area contributed by atoms with Crippen LogP contribution < -0.4 is 10.5 Å². The van der Waals surface area contributed by atoms with Crippen LogP contribution in [0.15, 0.2) is 68.6 Å². The smallest absolute Gasteiger partial charge is 0.295 e. The summed E-state index contributed by atoms with van der Waals surface area (Å²) in [5, 5.41) is 19.0. The first-order chi connectivity index (χ1) is 17.2. The normalized spacial score (nSPS) is 12.3. The molecule has 0 aromatic heterocycles. The van der Waals surface area contributed by atoms with Gasteiger partial charge < -0.3 is 10.5 Å². The Balaban J connectivity index is 2.04. The fraction of sp³-hybridized carbons (Fsp3) is 0.0909. The van der Waals surface area contributed by atoms with Crippen molar-refractivity contribution in [2.24, 2.45) is 10.2 Å². The number of nitrogen functional groups attached to an aromatic ring is 1. The lowest BCUT2D eigenvalue weighted by atomic mass is 10.1. The molecule has 3 aromatic rings.